The van der Waals surface area contributed by atoms with Gasteiger partial charge in [-0.1, -0.05) is 172 Å². The van der Waals surface area contributed by atoms with Gasteiger partial charge in [0.2, 0.25) is 0 Å². The first kappa shape index (κ1) is 53.4. The van der Waals surface area contributed by atoms with Crippen molar-refractivity contribution in [3.8, 4) is 0 Å². The van der Waals surface area contributed by atoms with Crippen LogP contribution in [0, 0.1) is 0 Å². The maximum Gasteiger partial charge on any atom is 0.306 e. The number of rotatable bonds is 42. The van der Waals surface area contributed by atoms with Crippen molar-refractivity contribution in [2.45, 2.75) is 239 Å². The van der Waals surface area contributed by atoms with Crippen LogP contribution < -0.4 is 0 Å². The van der Waals surface area contributed by atoms with Crippen LogP contribution in [-0.2, 0) is 28.6 Å². The van der Waals surface area contributed by atoms with Crippen molar-refractivity contribution in [3.63, 3.8) is 0 Å². The van der Waals surface area contributed by atoms with Gasteiger partial charge in [-0.2, -0.15) is 0 Å². The highest BCUT2D eigenvalue weighted by Crippen LogP contribution is 2.14. The normalized spacial score (nSPS) is 12.4. The van der Waals surface area contributed by atoms with Gasteiger partial charge in [0.1, 0.15) is 13.2 Å². The predicted octanol–water partition coefficient (Wildman–Crippen LogP) is 15.1. The van der Waals surface area contributed by atoms with E-state index in [-0.39, 0.29) is 31.1 Å². The molecule has 0 aromatic carbocycles. The molecule has 6 nitrogen and oxygen atoms in total. The first-order valence-corrected chi connectivity index (χ1v) is 23.6. The fourth-order valence-electron chi connectivity index (χ4n) is 6.45. The highest BCUT2D eigenvalue weighted by atomic mass is 16.6. The van der Waals surface area contributed by atoms with Gasteiger partial charge in [-0.15, -0.1) is 0 Å². The quantitative estimate of drug-likeness (QED) is 0.0265. The van der Waals surface area contributed by atoms with Gasteiger partial charge in [0.05, 0.1) is 0 Å². The average Bonchev–Trinajstić information content (AvgIpc) is 3.19. The average molecular weight is 785 g/mol. The zero-order valence-electron chi connectivity index (χ0n) is 36.9. The zero-order chi connectivity index (χ0) is 40.8. The summed E-state index contributed by atoms with van der Waals surface area (Å²) in [7, 11) is 0. The Morgan fingerprint density at radius 2 is 0.714 bits per heavy atom. The highest BCUT2D eigenvalue weighted by Gasteiger charge is 2.19. The van der Waals surface area contributed by atoms with Gasteiger partial charge in [-0.25, -0.2) is 0 Å². The third kappa shape index (κ3) is 42.5. The molecule has 0 bridgehead atoms. The summed E-state index contributed by atoms with van der Waals surface area (Å²) in [6.45, 7) is 6.42. The van der Waals surface area contributed by atoms with Crippen LogP contribution in [0.2, 0.25) is 0 Å². The van der Waals surface area contributed by atoms with Gasteiger partial charge in [-0.05, 0) is 89.9 Å². The van der Waals surface area contributed by atoms with E-state index >= 15 is 0 Å². The Bertz CT molecular complexity index is 996. The molecule has 0 saturated carbocycles. The van der Waals surface area contributed by atoms with E-state index in [0.717, 1.165) is 89.9 Å². The molecule has 0 fully saturated rings. The minimum atomic E-state index is -0.789. The van der Waals surface area contributed by atoms with Gasteiger partial charge in [0.15, 0.2) is 6.10 Å². The number of hydrogen-bond donors (Lipinski definition) is 0. The molecule has 6 heteroatoms. The summed E-state index contributed by atoms with van der Waals surface area (Å²) in [5.74, 6) is -0.947. The third-order valence-corrected chi connectivity index (χ3v) is 10.0. The minimum absolute atomic E-state index is 0.0910. The summed E-state index contributed by atoms with van der Waals surface area (Å²) >= 11 is 0. The number of carbonyl (C=O) groups excluding carboxylic acids is 3. The Morgan fingerprint density at radius 1 is 0.375 bits per heavy atom. The molecule has 0 N–H and O–H groups in total. The van der Waals surface area contributed by atoms with Gasteiger partial charge in [-0.3, -0.25) is 14.4 Å². The Morgan fingerprint density at radius 3 is 1.18 bits per heavy atom. The van der Waals surface area contributed by atoms with Crippen molar-refractivity contribution >= 4 is 17.9 Å². The molecule has 0 saturated heterocycles. The molecular formula is C50H88O6. The highest BCUT2D eigenvalue weighted by molar-refractivity contribution is 5.71. The summed E-state index contributed by atoms with van der Waals surface area (Å²) in [5, 5.41) is 0. The van der Waals surface area contributed by atoms with Gasteiger partial charge in [0, 0.05) is 19.3 Å². The molecule has 0 aromatic rings. The Labute approximate surface area is 346 Å². The Kier molecular flexibility index (Phi) is 43.0. The number of unbranched alkanes of at least 4 members (excludes halogenated alkanes) is 23. The summed E-state index contributed by atoms with van der Waals surface area (Å²) < 4.78 is 16.6. The van der Waals surface area contributed by atoms with Crippen molar-refractivity contribution in [2.75, 3.05) is 13.2 Å². The first-order valence-electron chi connectivity index (χ1n) is 23.6. The van der Waals surface area contributed by atoms with E-state index in [9.17, 15) is 14.4 Å². The summed E-state index contributed by atoms with van der Waals surface area (Å²) in [5.41, 5.74) is 0. The molecule has 324 valence electrons. The standard InChI is InChI=1S/C50H88O6/c1-4-7-10-13-16-19-21-22-23-24-25-26-27-29-31-34-37-40-43-49(52)55-46-47(45-54-48(51)42-39-36-33-30-18-15-12-9-6-3)56-50(53)44-41-38-35-32-28-20-17-14-11-8-5-2/h9,12,14,17-18,25-26,30,47H,4-8,10-11,13,15-16,19-24,27-29,31-46H2,1-3H3/b12-9-,17-14-,26-25-,30-18-. The van der Waals surface area contributed by atoms with Crippen molar-refractivity contribution < 1.29 is 28.6 Å². The monoisotopic (exact) mass is 785 g/mol. The smallest absolute Gasteiger partial charge is 0.306 e. The number of ether oxygens (including phenoxy) is 3. The molecule has 0 aromatic heterocycles. The first-order chi connectivity index (χ1) is 27.5. The molecule has 0 spiro atoms. The van der Waals surface area contributed by atoms with E-state index in [2.05, 4.69) is 69.4 Å². The topological polar surface area (TPSA) is 78.9 Å². The second kappa shape index (κ2) is 45.1. The molecule has 0 aliphatic carbocycles. The van der Waals surface area contributed by atoms with Crippen LogP contribution in [-0.4, -0.2) is 37.2 Å². The largest absolute Gasteiger partial charge is 0.462 e. The molecule has 56 heavy (non-hydrogen) atoms. The Hall–Kier alpha value is -2.63. The van der Waals surface area contributed by atoms with Crippen LogP contribution >= 0.6 is 0 Å². The molecule has 1 unspecified atom stereocenters. The van der Waals surface area contributed by atoms with Crippen LogP contribution in [0.15, 0.2) is 48.6 Å². The molecule has 0 heterocycles. The minimum Gasteiger partial charge on any atom is -0.462 e. The molecule has 0 radical (unpaired) electrons. The van der Waals surface area contributed by atoms with Crippen LogP contribution in [0.4, 0.5) is 0 Å². The molecule has 0 aliphatic rings. The maximum atomic E-state index is 12.7. The van der Waals surface area contributed by atoms with Gasteiger partial charge < -0.3 is 14.2 Å². The number of carbonyl (C=O) groups is 3. The summed E-state index contributed by atoms with van der Waals surface area (Å²) in [6.07, 6.45) is 52.5. The molecule has 0 amide bonds. The van der Waals surface area contributed by atoms with Crippen molar-refractivity contribution in [2.24, 2.45) is 0 Å². The lowest BCUT2D eigenvalue weighted by atomic mass is 10.1. The summed E-state index contributed by atoms with van der Waals surface area (Å²) in [4.78, 5) is 37.7. The van der Waals surface area contributed by atoms with E-state index in [1.54, 1.807) is 0 Å². The second-order valence-corrected chi connectivity index (χ2v) is 15.6. The second-order valence-electron chi connectivity index (χ2n) is 15.6. The summed E-state index contributed by atoms with van der Waals surface area (Å²) in [6, 6.07) is 0. The van der Waals surface area contributed by atoms with Gasteiger partial charge >= 0.3 is 17.9 Å². The fourth-order valence-corrected chi connectivity index (χ4v) is 6.45. The lowest BCUT2D eigenvalue weighted by Gasteiger charge is -2.18. The van der Waals surface area contributed by atoms with Crippen LogP contribution in [0.1, 0.15) is 233 Å². The van der Waals surface area contributed by atoms with Gasteiger partial charge in [0.25, 0.3) is 0 Å². The van der Waals surface area contributed by atoms with E-state index in [1.807, 2.05) is 0 Å². The van der Waals surface area contributed by atoms with Crippen LogP contribution in [0.3, 0.4) is 0 Å². The zero-order valence-corrected chi connectivity index (χ0v) is 36.9. The molecule has 1 atom stereocenters. The number of esters is 3. The molecule has 0 rings (SSSR count). The van der Waals surface area contributed by atoms with Crippen molar-refractivity contribution in [1.82, 2.24) is 0 Å². The maximum absolute atomic E-state index is 12.7. The fraction of sp³-hybridized carbons (Fsp3) is 0.780. The van der Waals surface area contributed by atoms with Crippen LogP contribution in [0.25, 0.3) is 0 Å². The van der Waals surface area contributed by atoms with E-state index < -0.39 is 6.10 Å². The van der Waals surface area contributed by atoms with E-state index in [1.165, 1.54) is 103 Å². The van der Waals surface area contributed by atoms with E-state index in [0.29, 0.717) is 19.3 Å². The number of hydrogen-bond acceptors (Lipinski definition) is 6. The molecular weight excluding hydrogens is 697 g/mol. The number of allylic oxidation sites excluding steroid dienone is 8. The third-order valence-electron chi connectivity index (χ3n) is 10.0. The Balaban J connectivity index is 4.32. The molecule has 0 aliphatic heterocycles. The van der Waals surface area contributed by atoms with E-state index in [4.69, 9.17) is 14.2 Å². The SMILES string of the molecule is CC/C=C\C/C=C\CCCCC(=O)OCC(COC(=O)CCCCCCC/C=C\CCCCCCCCCCC)OC(=O)CCCCCCC/C=C\CCCC. The lowest BCUT2D eigenvalue weighted by Crippen LogP contribution is -2.30. The van der Waals surface area contributed by atoms with Crippen molar-refractivity contribution in [3.05, 3.63) is 48.6 Å². The van der Waals surface area contributed by atoms with Crippen LogP contribution in [0.5, 0.6) is 0 Å². The predicted molar refractivity (Wildman–Crippen MR) is 238 cm³/mol. The van der Waals surface area contributed by atoms with Crippen molar-refractivity contribution in [1.29, 1.82) is 0 Å². The lowest BCUT2D eigenvalue weighted by molar-refractivity contribution is -0.167.